The third-order valence-electron chi connectivity index (χ3n) is 4.12. The van der Waals surface area contributed by atoms with Gasteiger partial charge in [0.25, 0.3) is 5.91 Å². The number of carbonyl (C=O) groups excluding carboxylic acids is 1. The fourth-order valence-corrected chi connectivity index (χ4v) is 2.63. The number of nitrogens with one attached hydrogen (secondary N) is 1. The second-order valence-corrected chi connectivity index (χ2v) is 6.28. The van der Waals surface area contributed by atoms with Crippen LogP contribution >= 0.6 is 0 Å². The molecule has 0 fully saturated rings. The van der Waals surface area contributed by atoms with Crippen LogP contribution in [0.2, 0.25) is 0 Å². The minimum Gasteiger partial charge on any atom is -0.484 e. The molecule has 1 N–H and O–H groups in total. The molecule has 0 saturated carbocycles. The first kappa shape index (κ1) is 18.4. The van der Waals surface area contributed by atoms with Crippen LogP contribution in [0.25, 0.3) is 11.1 Å². The summed E-state index contributed by atoms with van der Waals surface area (Å²) in [6.45, 7) is 3.76. The summed E-state index contributed by atoms with van der Waals surface area (Å²) >= 11 is 0. The van der Waals surface area contributed by atoms with Crippen LogP contribution in [-0.2, 0) is 4.79 Å². The smallest absolute Gasteiger partial charge is 0.277 e. The molecule has 4 nitrogen and oxygen atoms in total. The highest BCUT2D eigenvalue weighted by atomic mass is 16.5. The predicted molar refractivity (Wildman–Crippen MR) is 109 cm³/mol. The minimum absolute atomic E-state index is 0.0762. The zero-order valence-electron chi connectivity index (χ0n) is 15.5. The van der Waals surface area contributed by atoms with Gasteiger partial charge >= 0.3 is 0 Å². The van der Waals surface area contributed by atoms with E-state index in [1.807, 2.05) is 80.6 Å². The van der Waals surface area contributed by atoms with Crippen molar-refractivity contribution in [1.82, 2.24) is 5.43 Å². The first-order chi connectivity index (χ1) is 13.1. The van der Waals surface area contributed by atoms with Crippen LogP contribution in [-0.4, -0.2) is 18.2 Å². The van der Waals surface area contributed by atoms with Gasteiger partial charge in [0.05, 0.1) is 5.71 Å². The Bertz CT molecular complexity index is 932. The second kappa shape index (κ2) is 8.81. The van der Waals surface area contributed by atoms with E-state index < -0.39 is 0 Å². The molecule has 3 aromatic rings. The summed E-state index contributed by atoms with van der Waals surface area (Å²) in [6.07, 6.45) is 0. The Morgan fingerprint density at radius 2 is 1.63 bits per heavy atom. The average Bonchev–Trinajstić information content (AvgIpc) is 2.71. The number of rotatable bonds is 6. The summed E-state index contributed by atoms with van der Waals surface area (Å²) in [6, 6.07) is 25.8. The lowest BCUT2D eigenvalue weighted by Gasteiger charge is -2.07. The van der Waals surface area contributed by atoms with E-state index in [4.69, 9.17) is 4.74 Å². The summed E-state index contributed by atoms with van der Waals surface area (Å²) in [5.74, 6) is 0.374. The van der Waals surface area contributed by atoms with Crippen molar-refractivity contribution in [2.24, 2.45) is 5.10 Å². The molecule has 0 aliphatic carbocycles. The van der Waals surface area contributed by atoms with Crippen molar-refractivity contribution >= 4 is 11.6 Å². The highest BCUT2D eigenvalue weighted by molar-refractivity contribution is 5.99. The Morgan fingerprint density at radius 3 is 2.33 bits per heavy atom. The number of aryl methyl sites for hydroxylation is 1. The van der Waals surface area contributed by atoms with Gasteiger partial charge in [-0.2, -0.15) is 5.10 Å². The summed E-state index contributed by atoms with van der Waals surface area (Å²) in [5, 5.41) is 4.16. The van der Waals surface area contributed by atoms with Gasteiger partial charge in [-0.05, 0) is 48.2 Å². The highest BCUT2D eigenvalue weighted by Crippen LogP contribution is 2.19. The third kappa shape index (κ3) is 5.28. The molecule has 4 heteroatoms. The molecule has 0 aliphatic heterocycles. The first-order valence-electron chi connectivity index (χ1n) is 8.80. The lowest BCUT2D eigenvalue weighted by molar-refractivity contribution is -0.123. The molecule has 27 heavy (non-hydrogen) atoms. The van der Waals surface area contributed by atoms with E-state index in [1.165, 1.54) is 5.56 Å². The molecule has 0 spiro atoms. The van der Waals surface area contributed by atoms with Gasteiger partial charge < -0.3 is 4.74 Å². The maximum atomic E-state index is 11.9. The van der Waals surface area contributed by atoms with E-state index in [-0.39, 0.29) is 12.5 Å². The maximum absolute atomic E-state index is 11.9. The highest BCUT2D eigenvalue weighted by Gasteiger charge is 2.04. The largest absolute Gasteiger partial charge is 0.484 e. The average molecular weight is 358 g/mol. The SMILES string of the molecule is C/C(=N\NC(=O)COc1cccc(C)c1)c1ccc(-c2ccccc2)cc1. The van der Waals surface area contributed by atoms with Crippen LogP contribution in [0.4, 0.5) is 0 Å². The Morgan fingerprint density at radius 1 is 0.926 bits per heavy atom. The van der Waals surface area contributed by atoms with Crippen LogP contribution in [0, 0.1) is 6.92 Å². The maximum Gasteiger partial charge on any atom is 0.277 e. The van der Waals surface area contributed by atoms with Gasteiger partial charge in [0.2, 0.25) is 0 Å². The van der Waals surface area contributed by atoms with E-state index >= 15 is 0 Å². The van der Waals surface area contributed by atoms with Crippen LogP contribution in [0.1, 0.15) is 18.1 Å². The summed E-state index contributed by atoms with van der Waals surface area (Å²) in [5.41, 5.74) is 7.62. The van der Waals surface area contributed by atoms with Crippen LogP contribution in [0.5, 0.6) is 5.75 Å². The van der Waals surface area contributed by atoms with Gasteiger partial charge in [-0.1, -0.05) is 66.7 Å². The topological polar surface area (TPSA) is 50.7 Å². The lowest BCUT2D eigenvalue weighted by atomic mass is 10.0. The van der Waals surface area contributed by atoms with Gasteiger partial charge in [0, 0.05) is 0 Å². The Labute approximate surface area is 159 Å². The number of hydrazone groups is 1. The summed E-state index contributed by atoms with van der Waals surface area (Å²) < 4.78 is 5.47. The molecule has 136 valence electrons. The van der Waals surface area contributed by atoms with E-state index in [1.54, 1.807) is 0 Å². The molecule has 0 radical (unpaired) electrons. The number of ether oxygens (including phenoxy) is 1. The molecule has 0 saturated heterocycles. The van der Waals surface area contributed by atoms with Crippen molar-refractivity contribution in [3.8, 4) is 16.9 Å². The molecular weight excluding hydrogens is 336 g/mol. The van der Waals surface area contributed by atoms with Gasteiger partial charge in [-0.15, -0.1) is 0 Å². The quantitative estimate of drug-likeness (QED) is 0.518. The Kier molecular flexibility index (Phi) is 6.00. The van der Waals surface area contributed by atoms with Crippen molar-refractivity contribution in [3.05, 3.63) is 90.0 Å². The van der Waals surface area contributed by atoms with Crippen LogP contribution < -0.4 is 10.2 Å². The third-order valence-corrected chi connectivity index (χ3v) is 4.12. The van der Waals surface area contributed by atoms with Crippen molar-refractivity contribution in [2.75, 3.05) is 6.61 Å². The fraction of sp³-hybridized carbons (Fsp3) is 0.130. The number of carbonyl (C=O) groups is 1. The van der Waals surface area contributed by atoms with E-state index in [0.29, 0.717) is 5.75 Å². The second-order valence-electron chi connectivity index (χ2n) is 6.28. The van der Waals surface area contributed by atoms with Gasteiger partial charge in [-0.25, -0.2) is 5.43 Å². The number of hydrogen-bond acceptors (Lipinski definition) is 3. The zero-order valence-corrected chi connectivity index (χ0v) is 15.5. The Hall–Kier alpha value is -3.40. The van der Waals surface area contributed by atoms with Gasteiger partial charge in [0.1, 0.15) is 5.75 Å². The summed E-state index contributed by atoms with van der Waals surface area (Å²) in [7, 11) is 0. The number of hydrogen-bond donors (Lipinski definition) is 1. The number of nitrogens with zero attached hydrogens (tertiary/aromatic N) is 1. The minimum atomic E-state index is -0.295. The monoisotopic (exact) mass is 358 g/mol. The number of amides is 1. The van der Waals surface area contributed by atoms with E-state index in [2.05, 4.69) is 22.7 Å². The molecule has 0 bridgehead atoms. The molecular formula is C23H22N2O2. The molecule has 3 aromatic carbocycles. The fourth-order valence-electron chi connectivity index (χ4n) is 2.63. The molecule has 0 atom stereocenters. The molecule has 1 amide bonds. The van der Waals surface area contributed by atoms with Crippen LogP contribution in [0.3, 0.4) is 0 Å². The van der Waals surface area contributed by atoms with Crippen molar-refractivity contribution in [3.63, 3.8) is 0 Å². The van der Waals surface area contributed by atoms with E-state index in [9.17, 15) is 4.79 Å². The standard InChI is InChI=1S/C23H22N2O2/c1-17-7-6-10-22(15-17)27-16-23(26)25-24-18(2)19-11-13-21(14-12-19)20-8-4-3-5-9-20/h3-15H,16H2,1-2H3,(H,25,26)/b24-18+. The van der Waals surface area contributed by atoms with Gasteiger partial charge in [0.15, 0.2) is 6.61 Å². The van der Waals surface area contributed by atoms with Crippen LogP contribution in [0.15, 0.2) is 84.0 Å². The molecule has 0 aromatic heterocycles. The molecule has 0 aliphatic rings. The first-order valence-corrected chi connectivity index (χ1v) is 8.80. The van der Waals surface area contributed by atoms with Crippen molar-refractivity contribution < 1.29 is 9.53 Å². The van der Waals surface area contributed by atoms with E-state index in [0.717, 1.165) is 22.4 Å². The zero-order chi connectivity index (χ0) is 19.1. The van der Waals surface area contributed by atoms with Crippen molar-refractivity contribution in [1.29, 1.82) is 0 Å². The number of benzene rings is 3. The predicted octanol–water partition coefficient (Wildman–Crippen LogP) is 4.58. The Balaban J connectivity index is 1.56. The van der Waals surface area contributed by atoms with Crippen molar-refractivity contribution in [2.45, 2.75) is 13.8 Å². The molecule has 0 heterocycles. The van der Waals surface area contributed by atoms with Gasteiger partial charge in [-0.3, -0.25) is 4.79 Å². The normalized spacial score (nSPS) is 11.1. The summed E-state index contributed by atoms with van der Waals surface area (Å²) in [4.78, 5) is 11.9. The molecule has 0 unspecified atom stereocenters. The lowest BCUT2D eigenvalue weighted by Crippen LogP contribution is -2.25. The molecule has 3 rings (SSSR count).